The number of halogens is 3. The average molecular weight is 671 g/mol. The van der Waals surface area contributed by atoms with E-state index in [-0.39, 0.29) is 33.6 Å². The third-order valence-electron chi connectivity index (χ3n) is 7.22. The van der Waals surface area contributed by atoms with Gasteiger partial charge in [0.15, 0.2) is 0 Å². The van der Waals surface area contributed by atoms with Crippen LogP contribution in [0.2, 0.25) is 10.0 Å². The third-order valence-corrected chi connectivity index (χ3v) is 9.71. The molecule has 45 heavy (non-hydrogen) atoms. The molecule has 0 bridgehead atoms. The standard InChI is InChI=1S/C34H34Cl2FN3O4S/c1-2-3-21-38-34(42)32(22-25-11-6-4-7-12-25)39(23-29-30(35)15-10-16-31(29)36)33(41)24-40(27-19-17-26(37)18-20-27)45(43,44)28-13-8-5-9-14-28/h4-20,32H,2-3,21-24H2,1H3,(H,38,42)/t32-/m1/s1. The van der Waals surface area contributed by atoms with E-state index in [0.29, 0.717) is 12.1 Å². The Labute approximate surface area is 273 Å². The number of nitrogens with one attached hydrogen (secondary N) is 1. The van der Waals surface area contributed by atoms with Crippen LogP contribution in [0, 0.1) is 5.82 Å². The zero-order valence-electron chi connectivity index (χ0n) is 24.7. The van der Waals surface area contributed by atoms with Crippen LogP contribution in [0.5, 0.6) is 0 Å². The molecule has 0 aliphatic heterocycles. The molecule has 11 heteroatoms. The molecule has 1 N–H and O–H groups in total. The van der Waals surface area contributed by atoms with Gasteiger partial charge in [0.25, 0.3) is 10.0 Å². The lowest BCUT2D eigenvalue weighted by Crippen LogP contribution is -2.53. The normalized spacial score (nSPS) is 11.9. The molecule has 2 amide bonds. The van der Waals surface area contributed by atoms with Gasteiger partial charge in [-0.05, 0) is 60.5 Å². The molecular weight excluding hydrogens is 636 g/mol. The number of hydrogen-bond donors (Lipinski definition) is 1. The highest BCUT2D eigenvalue weighted by Crippen LogP contribution is 2.29. The molecule has 0 saturated heterocycles. The number of unbranched alkanes of at least 4 members (excludes halogenated alkanes) is 1. The molecular formula is C34H34Cl2FN3O4S. The largest absolute Gasteiger partial charge is 0.354 e. The van der Waals surface area contributed by atoms with Crippen molar-refractivity contribution in [3.8, 4) is 0 Å². The molecule has 236 valence electrons. The van der Waals surface area contributed by atoms with Gasteiger partial charge in [-0.15, -0.1) is 0 Å². The number of nitrogens with zero attached hydrogens (tertiary/aromatic N) is 2. The smallest absolute Gasteiger partial charge is 0.264 e. The van der Waals surface area contributed by atoms with Gasteiger partial charge in [-0.1, -0.05) is 91.1 Å². The Kier molecular flexibility index (Phi) is 12.0. The molecule has 0 heterocycles. The summed E-state index contributed by atoms with van der Waals surface area (Å²) in [6.45, 7) is 1.55. The summed E-state index contributed by atoms with van der Waals surface area (Å²) < 4.78 is 42.7. The Balaban J connectivity index is 1.81. The van der Waals surface area contributed by atoms with Crippen LogP contribution in [0.1, 0.15) is 30.9 Å². The monoisotopic (exact) mass is 669 g/mol. The predicted octanol–water partition coefficient (Wildman–Crippen LogP) is 6.88. The van der Waals surface area contributed by atoms with E-state index < -0.39 is 40.2 Å². The molecule has 0 saturated carbocycles. The van der Waals surface area contributed by atoms with Gasteiger partial charge in [0.2, 0.25) is 11.8 Å². The zero-order chi connectivity index (χ0) is 32.4. The number of anilines is 1. The molecule has 4 rings (SSSR count). The van der Waals surface area contributed by atoms with Crippen molar-refractivity contribution in [2.45, 2.75) is 43.7 Å². The molecule has 4 aromatic carbocycles. The second-order valence-electron chi connectivity index (χ2n) is 10.4. The topological polar surface area (TPSA) is 86.8 Å². The molecule has 1 atom stereocenters. The molecule has 4 aromatic rings. The fourth-order valence-electron chi connectivity index (χ4n) is 4.77. The van der Waals surface area contributed by atoms with Crippen molar-refractivity contribution < 1.29 is 22.4 Å². The molecule has 7 nitrogen and oxygen atoms in total. The lowest BCUT2D eigenvalue weighted by Gasteiger charge is -2.34. The first-order valence-electron chi connectivity index (χ1n) is 14.5. The average Bonchev–Trinajstić information content (AvgIpc) is 3.04. The molecule has 0 spiro atoms. The van der Waals surface area contributed by atoms with Crippen LogP contribution in [0.4, 0.5) is 10.1 Å². The first-order chi connectivity index (χ1) is 21.6. The number of carbonyl (C=O) groups is 2. The minimum atomic E-state index is -4.30. The fourth-order valence-corrected chi connectivity index (χ4v) is 6.72. The number of amides is 2. The quantitative estimate of drug-likeness (QED) is 0.148. The van der Waals surface area contributed by atoms with Crippen LogP contribution in [0.15, 0.2) is 108 Å². The van der Waals surface area contributed by atoms with E-state index in [1.165, 1.54) is 29.2 Å². The van der Waals surface area contributed by atoms with Crippen LogP contribution in [0.3, 0.4) is 0 Å². The number of carbonyl (C=O) groups excluding carboxylic acids is 2. The van der Waals surface area contributed by atoms with Gasteiger partial charge in [-0.3, -0.25) is 13.9 Å². The zero-order valence-corrected chi connectivity index (χ0v) is 27.0. The van der Waals surface area contributed by atoms with E-state index in [1.54, 1.807) is 36.4 Å². The Morgan fingerprint density at radius 2 is 1.44 bits per heavy atom. The van der Waals surface area contributed by atoms with Crippen LogP contribution < -0.4 is 9.62 Å². The second kappa shape index (κ2) is 15.9. The lowest BCUT2D eigenvalue weighted by molar-refractivity contribution is -0.140. The number of hydrogen-bond acceptors (Lipinski definition) is 4. The van der Waals surface area contributed by atoms with Gasteiger partial charge in [0.1, 0.15) is 18.4 Å². The summed E-state index contributed by atoms with van der Waals surface area (Å²) in [4.78, 5) is 29.5. The highest BCUT2D eigenvalue weighted by Gasteiger charge is 2.35. The van der Waals surface area contributed by atoms with Crippen molar-refractivity contribution in [3.63, 3.8) is 0 Å². The van der Waals surface area contributed by atoms with E-state index in [1.807, 2.05) is 37.3 Å². The van der Waals surface area contributed by atoms with Gasteiger partial charge in [-0.2, -0.15) is 0 Å². The summed E-state index contributed by atoms with van der Waals surface area (Å²) >= 11 is 13.1. The number of benzene rings is 4. The van der Waals surface area contributed by atoms with Gasteiger partial charge in [0.05, 0.1) is 10.6 Å². The van der Waals surface area contributed by atoms with Crippen molar-refractivity contribution in [2.24, 2.45) is 0 Å². The fraction of sp³-hybridized carbons (Fsp3) is 0.235. The summed E-state index contributed by atoms with van der Waals surface area (Å²) in [6.07, 6.45) is 1.74. The molecule has 0 radical (unpaired) electrons. The van der Waals surface area contributed by atoms with E-state index in [0.717, 1.165) is 34.8 Å². The molecule has 0 aliphatic rings. The summed E-state index contributed by atoms with van der Waals surface area (Å²) in [6, 6.07) is 25.6. The lowest BCUT2D eigenvalue weighted by atomic mass is 10.0. The van der Waals surface area contributed by atoms with Crippen LogP contribution in [-0.2, 0) is 32.6 Å². The van der Waals surface area contributed by atoms with Crippen molar-refractivity contribution in [2.75, 3.05) is 17.4 Å². The van der Waals surface area contributed by atoms with Crippen LogP contribution in [0.25, 0.3) is 0 Å². The summed E-state index contributed by atoms with van der Waals surface area (Å²) in [5, 5.41) is 3.51. The van der Waals surface area contributed by atoms with E-state index in [4.69, 9.17) is 23.2 Å². The minimum absolute atomic E-state index is 0.0547. The van der Waals surface area contributed by atoms with Gasteiger partial charge < -0.3 is 10.2 Å². The first kappa shape index (κ1) is 34.0. The molecule has 0 unspecified atom stereocenters. The molecule has 0 aromatic heterocycles. The van der Waals surface area contributed by atoms with Crippen molar-refractivity contribution in [1.82, 2.24) is 10.2 Å². The minimum Gasteiger partial charge on any atom is -0.354 e. The Morgan fingerprint density at radius 1 is 0.844 bits per heavy atom. The van der Waals surface area contributed by atoms with Crippen molar-refractivity contribution in [3.05, 3.63) is 130 Å². The maximum atomic E-state index is 14.4. The maximum absolute atomic E-state index is 14.4. The van der Waals surface area contributed by atoms with Crippen LogP contribution >= 0.6 is 23.2 Å². The van der Waals surface area contributed by atoms with Crippen LogP contribution in [-0.4, -0.2) is 44.3 Å². The third kappa shape index (κ3) is 8.84. The van der Waals surface area contributed by atoms with Gasteiger partial charge in [-0.25, -0.2) is 12.8 Å². The van der Waals surface area contributed by atoms with E-state index in [2.05, 4.69) is 5.32 Å². The number of rotatable bonds is 14. The predicted molar refractivity (Wildman–Crippen MR) is 176 cm³/mol. The van der Waals surface area contributed by atoms with Gasteiger partial charge >= 0.3 is 0 Å². The second-order valence-corrected chi connectivity index (χ2v) is 13.0. The first-order valence-corrected chi connectivity index (χ1v) is 16.7. The Hall–Kier alpha value is -3.92. The highest BCUT2D eigenvalue weighted by atomic mass is 35.5. The molecule has 0 aliphatic carbocycles. The summed E-state index contributed by atoms with van der Waals surface area (Å²) in [5.74, 6) is -1.65. The SMILES string of the molecule is CCCCNC(=O)[C@@H](Cc1ccccc1)N(Cc1c(Cl)cccc1Cl)C(=O)CN(c1ccc(F)cc1)S(=O)(=O)c1ccccc1. The van der Waals surface area contributed by atoms with E-state index >= 15 is 0 Å². The number of sulfonamides is 1. The Bertz CT molecular complexity index is 1670. The Morgan fingerprint density at radius 3 is 2.04 bits per heavy atom. The molecule has 0 fully saturated rings. The summed E-state index contributed by atoms with van der Waals surface area (Å²) in [5.41, 5.74) is 1.28. The van der Waals surface area contributed by atoms with Gasteiger partial charge in [0, 0.05) is 35.1 Å². The van der Waals surface area contributed by atoms with Crippen molar-refractivity contribution >= 4 is 50.7 Å². The van der Waals surface area contributed by atoms with Crippen molar-refractivity contribution in [1.29, 1.82) is 0 Å². The van der Waals surface area contributed by atoms with E-state index in [9.17, 15) is 22.4 Å². The maximum Gasteiger partial charge on any atom is 0.264 e. The summed E-state index contributed by atoms with van der Waals surface area (Å²) in [7, 11) is -4.30. The highest BCUT2D eigenvalue weighted by molar-refractivity contribution is 7.92.